The van der Waals surface area contributed by atoms with Gasteiger partial charge in [-0.1, -0.05) is 23.5 Å². The Labute approximate surface area is 159 Å². The number of thiazole rings is 1. The SMILES string of the molecule is O=[N+]([O-])c1ccc2nc(NC3CCN(Cc4ccc(F)cc4)CC3)sc2c1. The van der Waals surface area contributed by atoms with Crippen molar-refractivity contribution in [3.8, 4) is 0 Å². The zero-order valence-corrected chi connectivity index (χ0v) is 15.4. The standard InChI is InChI=1S/C19H19FN4O2S/c20-14-3-1-13(2-4-14)12-23-9-7-15(8-10-23)21-19-22-17-6-5-16(24(25)26)11-18(17)27-19/h1-6,11,15H,7-10,12H2,(H,21,22). The average Bonchev–Trinajstić information content (AvgIpc) is 3.06. The van der Waals surface area contributed by atoms with E-state index in [2.05, 4.69) is 15.2 Å². The second kappa shape index (κ2) is 7.58. The third-order valence-corrected chi connectivity index (χ3v) is 5.77. The van der Waals surface area contributed by atoms with Crippen LogP contribution < -0.4 is 5.32 Å². The van der Waals surface area contributed by atoms with Crippen LogP contribution in [0.1, 0.15) is 18.4 Å². The summed E-state index contributed by atoms with van der Waals surface area (Å²) in [5.74, 6) is -0.206. The molecular weight excluding hydrogens is 367 g/mol. The highest BCUT2D eigenvalue weighted by Crippen LogP contribution is 2.30. The highest BCUT2D eigenvalue weighted by atomic mass is 32.1. The number of likely N-dealkylation sites (tertiary alicyclic amines) is 1. The molecule has 2 heterocycles. The van der Waals surface area contributed by atoms with E-state index in [-0.39, 0.29) is 16.4 Å². The van der Waals surface area contributed by atoms with Crippen LogP contribution in [-0.2, 0) is 6.54 Å². The molecular formula is C19H19FN4O2S. The number of piperidine rings is 1. The molecule has 8 heteroatoms. The van der Waals surface area contributed by atoms with Crippen molar-refractivity contribution in [1.29, 1.82) is 0 Å². The molecule has 27 heavy (non-hydrogen) atoms. The number of halogens is 1. The summed E-state index contributed by atoms with van der Waals surface area (Å²) in [4.78, 5) is 17.4. The van der Waals surface area contributed by atoms with Crippen LogP contribution in [0.5, 0.6) is 0 Å². The Balaban J connectivity index is 1.34. The molecule has 3 aromatic rings. The molecule has 1 fully saturated rings. The Morgan fingerprint density at radius 1 is 1.22 bits per heavy atom. The molecule has 0 spiro atoms. The summed E-state index contributed by atoms with van der Waals surface area (Å²) in [6, 6.07) is 11.8. The van der Waals surface area contributed by atoms with Crippen molar-refractivity contribution in [2.45, 2.75) is 25.4 Å². The van der Waals surface area contributed by atoms with Crippen molar-refractivity contribution in [3.05, 3.63) is 64.0 Å². The average molecular weight is 386 g/mol. The minimum atomic E-state index is -0.386. The summed E-state index contributed by atoms with van der Waals surface area (Å²) in [6.07, 6.45) is 1.99. The van der Waals surface area contributed by atoms with E-state index in [0.717, 1.165) is 53.4 Å². The largest absolute Gasteiger partial charge is 0.359 e. The Hall–Kier alpha value is -2.58. The van der Waals surface area contributed by atoms with Gasteiger partial charge in [-0.05, 0) is 36.6 Å². The number of nitrogens with one attached hydrogen (secondary N) is 1. The number of nitro groups is 1. The maximum absolute atomic E-state index is 13.0. The van der Waals surface area contributed by atoms with Crippen molar-refractivity contribution in [2.24, 2.45) is 0 Å². The molecule has 0 saturated carbocycles. The normalized spacial score (nSPS) is 15.9. The number of hydrogen-bond acceptors (Lipinski definition) is 6. The number of nitro benzene ring substituents is 1. The van der Waals surface area contributed by atoms with Gasteiger partial charge in [-0.2, -0.15) is 0 Å². The predicted octanol–water partition coefficient (Wildman–Crippen LogP) is 4.42. The molecule has 1 aromatic heterocycles. The number of anilines is 1. The van der Waals surface area contributed by atoms with Crippen LogP contribution in [0, 0.1) is 15.9 Å². The van der Waals surface area contributed by atoms with E-state index in [4.69, 9.17) is 0 Å². The molecule has 4 rings (SSSR count). The second-order valence-electron chi connectivity index (χ2n) is 6.75. The topological polar surface area (TPSA) is 71.3 Å². The van der Waals surface area contributed by atoms with Crippen LogP contribution in [-0.4, -0.2) is 33.9 Å². The number of rotatable bonds is 5. The first-order valence-corrected chi connectivity index (χ1v) is 9.67. The lowest BCUT2D eigenvalue weighted by Gasteiger charge is -2.32. The van der Waals surface area contributed by atoms with Gasteiger partial charge in [0.2, 0.25) is 0 Å². The first-order valence-electron chi connectivity index (χ1n) is 8.85. The van der Waals surface area contributed by atoms with Crippen LogP contribution >= 0.6 is 11.3 Å². The smallest absolute Gasteiger partial charge is 0.270 e. The van der Waals surface area contributed by atoms with Crippen LogP contribution in [0.3, 0.4) is 0 Å². The molecule has 1 aliphatic heterocycles. The van der Waals surface area contributed by atoms with E-state index < -0.39 is 0 Å². The summed E-state index contributed by atoms with van der Waals surface area (Å²) in [5.41, 5.74) is 1.99. The highest BCUT2D eigenvalue weighted by Gasteiger charge is 2.20. The van der Waals surface area contributed by atoms with Crippen LogP contribution in [0.25, 0.3) is 10.2 Å². The van der Waals surface area contributed by atoms with Crippen molar-refractivity contribution in [3.63, 3.8) is 0 Å². The van der Waals surface area contributed by atoms with Gasteiger partial charge in [0.05, 0.1) is 15.1 Å². The monoisotopic (exact) mass is 386 g/mol. The first-order chi connectivity index (χ1) is 13.1. The fourth-order valence-corrected chi connectivity index (χ4v) is 4.32. The van der Waals surface area contributed by atoms with Crippen molar-refractivity contribution < 1.29 is 9.31 Å². The molecule has 0 amide bonds. The minimum Gasteiger partial charge on any atom is -0.359 e. The number of hydrogen-bond donors (Lipinski definition) is 1. The Kier molecular flexibility index (Phi) is 5.00. The van der Waals surface area contributed by atoms with E-state index in [0.29, 0.717) is 6.04 Å². The fourth-order valence-electron chi connectivity index (χ4n) is 3.35. The van der Waals surface area contributed by atoms with E-state index in [1.807, 2.05) is 12.1 Å². The van der Waals surface area contributed by atoms with E-state index >= 15 is 0 Å². The Morgan fingerprint density at radius 3 is 2.67 bits per heavy atom. The molecule has 1 aliphatic rings. The molecule has 1 N–H and O–H groups in total. The first kappa shape index (κ1) is 17.8. The van der Waals surface area contributed by atoms with Gasteiger partial charge in [0.15, 0.2) is 5.13 Å². The van der Waals surface area contributed by atoms with Crippen LogP contribution in [0.15, 0.2) is 42.5 Å². The molecule has 140 valence electrons. The second-order valence-corrected chi connectivity index (χ2v) is 7.78. The lowest BCUT2D eigenvalue weighted by atomic mass is 10.0. The molecule has 0 unspecified atom stereocenters. The summed E-state index contributed by atoms with van der Waals surface area (Å²) < 4.78 is 13.8. The number of aromatic nitrogens is 1. The lowest BCUT2D eigenvalue weighted by Crippen LogP contribution is -2.38. The zero-order valence-electron chi connectivity index (χ0n) is 14.6. The minimum absolute atomic E-state index is 0.0896. The number of fused-ring (bicyclic) bond motifs is 1. The fraction of sp³-hybridized carbons (Fsp3) is 0.316. The van der Waals surface area contributed by atoms with Crippen molar-refractivity contribution >= 4 is 32.4 Å². The predicted molar refractivity (Wildman–Crippen MR) is 105 cm³/mol. The van der Waals surface area contributed by atoms with E-state index in [1.165, 1.54) is 29.5 Å². The van der Waals surface area contributed by atoms with Gasteiger partial charge in [0.25, 0.3) is 5.69 Å². The van der Waals surface area contributed by atoms with Crippen LogP contribution in [0.4, 0.5) is 15.2 Å². The maximum atomic E-state index is 13.0. The van der Waals surface area contributed by atoms with Crippen LogP contribution in [0.2, 0.25) is 0 Å². The Bertz CT molecular complexity index is 952. The molecule has 1 saturated heterocycles. The molecule has 0 atom stereocenters. The van der Waals surface area contributed by atoms with Crippen molar-refractivity contribution in [1.82, 2.24) is 9.88 Å². The third-order valence-electron chi connectivity index (χ3n) is 4.82. The quantitative estimate of drug-likeness (QED) is 0.519. The summed E-state index contributed by atoms with van der Waals surface area (Å²) in [5, 5.41) is 15.2. The van der Waals surface area contributed by atoms with Gasteiger partial charge >= 0.3 is 0 Å². The lowest BCUT2D eigenvalue weighted by molar-refractivity contribution is -0.384. The molecule has 6 nitrogen and oxygen atoms in total. The van der Waals surface area contributed by atoms with Crippen molar-refractivity contribution in [2.75, 3.05) is 18.4 Å². The number of benzene rings is 2. The maximum Gasteiger partial charge on any atom is 0.270 e. The summed E-state index contributed by atoms with van der Waals surface area (Å²) in [7, 11) is 0. The molecule has 2 aromatic carbocycles. The van der Waals surface area contributed by atoms with E-state index in [9.17, 15) is 14.5 Å². The van der Waals surface area contributed by atoms with Gasteiger partial charge in [-0.15, -0.1) is 0 Å². The highest BCUT2D eigenvalue weighted by molar-refractivity contribution is 7.22. The van der Waals surface area contributed by atoms with Gasteiger partial charge < -0.3 is 5.32 Å². The molecule has 0 aliphatic carbocycles. The Morgan fingerprint density at radius 2 is 1.96 bits per heavy atom. The summed E-state index contributed by atoms with van der Waals surface area (Å²) in [6.45, 7) is 2.76. The zero-order chi connectivity index (χ0) is 18.8. The van der Waals surface area contributed by atoms with Gasteiger partial charge in [-0.25, -0.2) is 9.37 Å². The van der Waals surface area contributed by atoms with Gasteiger partial charge in [0, 0.05) is 37.8 Å². The summed E-state index contributed by atoms with van der Waals surface area (Å²) >= 11 is 1.45. The molecule has 0 radical (unpaired) electrons. The van der Waals surface area contributed by atoms with Gasteiger partial charge in [-0.3, -0.25) is 15.0 Å². The molecule has 0 bridgehead atoms. The third kappa shape index (κ3) is 4.23. The van der Waals surface area contributed by atoms with E-state index in [1.54, 1.807) is 12.1 Å². The van der Waals surface area contributed by atoms with Gasteiger partial charge in [0.1, 0.15) is 5.82 Å². The number of nitrogens with zero attached hydrogens (tertiary/aromatic N) is 3. The number of non-ortho nitro benzene ring substituents is 1.